The van der Waals surface area contributed by atoms with Crippen molar-refractivity contribution >= 4 is 0 Å². The Kier molecular flexibility index (Phi) is 4.43. The number of hydrogen-bond acceptors (Lipinski definition) is 2. The Balaban J connectivity index is 2.04. The molecule has 1 atom stereocenters. The van der Waals surface area contributed by atoms with Gasteiger partial charge in [-0.25, -0.2) is 0 Å². The summed E-state index contributed by atoms with van der Waals surface area (Å²) in [5, 5.41) is 0. The second-order valence-electron chi connectivity index (χ2n) is 5.07. The number of allylic oxidation sites excluding steroid dienone is 1. The number of aryl methyl sites for hydroxylation is 1. The molecule has 0 saturated carbocycles. The molecule has 0 N–H and O–H groups in total. The fourth-order valence-electron chi connectivity index (χ4n) is 2.35. The van der Waals surface area contributed by atoms with E-state index in [4.69, 9.17) is 4.74 Å². The molecule has 1 fully saturated rings. The fraction of sp³-hybridized carbons (Fsp3) is 0.500. The van der Waals surface area contributed by atoms with E-state index in [0.717, 1.165) is 26.3 Å². The van der Waals surface area contributed by atoms with E-state index in [1.165, 1.54) is 16.7 Å². The van der Waals surface area contributed by atoms with Crippen LogP contribution in [0.1, 0.15) is 29.5 Å². The van der Waals surface area contributed by atoms with E-state index >= 15 is 0 Å². The van der Waals surface area contributed by atoms with Gasteiger partial charge < -0.3 is 9.64 Å². The third kappa shape index (κ3) is 3.14. The minimum atomic E-state index is 0.466. The molecule has 0 radical (unpaired) electrons. The van der Waals surface area contributed by atoms with Crippen LogP contribution >= 0.6 is 0 Å². The second kappa shape index (κ2) is 6.05. The molecule has 1 aromatic rings. The molecule has 0 amide bonds. The molecule has 1 aromatic carbocycles. The minimum absolute atomic E-state index is 0.466. The van der Waals surface area contributed by atoms with Crippen LogP contribution in [0.2, 0.25) is 0 Å². The Bertz CT molecular complexity index is 419. The molecule has 1 aliphatic rings. The molecule has 2 nitrogen and oxygen atoms in total. The van der Waals surface area contributed by atoms with Crippen molar-refractivity contribution in [2.24, 2.45) is 0 Å². The van der Waals surface area contributed by atoms with E-state index < -0.39 is 0 Å². The molecule has 0 spiro atoms. The van der Waals surface area contributed by atoms with Crippen LogP contribution < -0.4 is 0 Å². The van der Waals surface area contributed by atoms with Gasteiger partial charge in [-0.3, -0.25) is 0 Å². The standard InChI is InChI=1S/C16H23NO/c1-13-5-4-6-16(15(13)3)14(2)7-8-17-9-11-18-12-10-17/h4-8,14H,9-12H2,1-3H3/b8-7-/t14-/m0/s1. The van der Waals surface area contributed by atoms with Gasteiger partial charge in [-0.2, -0.15) is 0 Å². The first kappa shape index (κ1) is 13.2. The highest BCUT2D eigenvalue weighted by Gasteiger charge is 2.09. The lowest BCUT2D eigenvalue weighted by Crippen LogP contribution is -2.32. The van der Waals surface area contributed by atoms with Crippen molar-refractivity contribution in [2.45, 2.75) is 26.7 Å². The van der Waals surface area contributed by atoms with Gasteiger partial charge in [0, 0.05) is 19.0 Å². The molecule has 0 unspecified atom stereocenters. The molecule has 2 rings (SSSR count). The van der Waals surface area contributed by atoms with Crippen LogP contribution in [0.5, 0.6) is 0 Å². The maximum absolute atomic E-state index is 5.35. The summed E-state index contributed by atoms with van der Waals surface area (Å²) in [4.78, 5) is 2.34. The molecule has 0 bridgehead atoms. The first-order valence-corrected chi connectivity index (χ1v) is 6.74. The van der Waals surface area contributed by atoms with Gasteiger partial charge in [-0.1, -0.05) is 31.2 Å². The molecular formula is C16H23NO. The largest absolute Gasteiger partial charge is 0.378 e. The number of rotatable bonds is 3. The molecule has 1 saturated heterocycles. The SMILES string of the molecule is Cc1cccc([C@@H](C)/C=C\N2CCOCC2)c1C. The van der Waals surface area contributed by atoms with Crippen LogP contribution in [0.4, 0.5) is 0 Å². The summed E-state index contributed by atoms with van der Waals surface area (Å²) >= 11 is 0. The Morgan fingerprint density at radius 3 is 2.67 bits per heavy atom. The van der Waals surface area contributed by atoms with Crippen molar-refractivity contribution in [3.05, 3.63) is 47.2 Å². The smallest absolute Gasteiger partial charge is 0.0642 e. The summed E-state index contributed by atoms with van der Waals surface area (Å²) in [6, 6.07) is 6.56. The monoisotopic (exact) mass is 245 g/mol. The first-order valence-electron chi connectivity index (χ1n) is 6.74. The van der Waals surface area contributed by atoms with Gasteiger partial charge in [0.1, 0.15) is 0 Å². The van der Waals surface area contributed by atoms with Gasteiger partial charge in [0.2, 0.25) is 0 Å². The number of benzene rings is 1. The quantitative estimate of drug-likeness (QED) is 0.810. The van der Waals surface area contributed by atoms with E-state index in [-0.39, 0.29) is 0 Å². The number of nitrogens with zero attached hydrogens (tertiary/aromatic N) is 1. The van der Waals surface area contributed by atoms with Gasteiger partial charge in [0.15, 0.2) is 0 Å². The average molecular weight is 245 g/mol. The Labute approximate surface area is 110 Å². The molecule has 0 aliphatic carbocycles. The summed E-state index contributed by atoms with van der Waals surface area (Å²) in [6.07, 6.45) is 4.53. The molecule has 98 valence electrons. The van der Waals surface area contributed by atoms with Crippen LogP contribution in [0.3, 0.4) is 0 Å². The van der Waals surface area contributed by atoms with Gasteiger partial charge in [0.25, 0.3) is 0 Å². The molecule has 1 heterocycles. The third-order valence-corrected chi connectivity index (χ3v) is 3.77. The van der Waals surface area contributed by atoms with Crippen molar-refractivity contribution in [3.63, 3.8) is 0 Å². The summed E-state index contributed by atoms with van der Waals surface area (Å²) in [6.45, 7) is 10.4. The summed E-state index contributed by atoms with van der Waals surface area (Å²) < 4.78 is 5.35. The highest BCUT2D eigenvalue weighted by atomic mass is 16.5. The van der Waals surface area contributed by atoms with Crippen LogP contribution in [0, 0.1) is 13.8 Å². The zero-order valence-corrected chi connectivity index (χ0v) is 11.6. The van der Waals surface area contributed by atoms with E-state index in [1.54, 1.807) is 0 Å². The number of hydrogen-bond donors (Lipinski definition) is 0. The first-order chi connectivity index (χ1) is 8.68. The summed E-state index contributed by atoms with van der Waals surface area (Å²) in [7, 11) is 0. The summed E-state index contributed by atoms with van der Waals surface area (Å²) in [5.74, 6) is 0.466. The van der Waals surface area contributed by atoms with Gasteiger partial charge in [0.05, 0.1) is 13.2 Å². The van der Waals surface area contributed by atoms with Crippen molar-refractivity contribution in [2.75, 3.05) is 26.3 Å². The topological polar surface area (TPSA) is 12.5 Å². The van der Waals surface area contributed by atoms with Crippen LogP contribution in [0.15, 0.2) is 30.5 Å². The van der Waals surface area contributed by atoms with Gasteiger partial charge in [-0.05, 0) is 36.7 Å². The van der Waals surface area contributed by atoms with Crippen LogP contribution in [-0.2, 0) is 4.74 Å². The molecular weight excluding hydrogens is 222 g/mol. The zero-order valence-electron chi connectivity index (χ0n) is 11.6. The second-order valence-corrected chi connectivity index (χ2v) is 5.07. The van der Waals surface area contributed by atoms with E-state index in [1.807, 2.05) is 0 Å². The maximum atomic E-state index is 5.35. The lowest BCUT2D eigenvalue weighted by Gasteiger charge is -2.25. The van der Waals surface area contributed by atoms with Crippen molar-refractivity contribution in [3.8, 4) is 0 Å². The van der Waals surface area contributed by atoms with Gasteiger partial charge in [-0.15, -0.1) is 0 Å². The average Bonchev–Trinajstić information content (AvgIpc) is 2.40. The highest BCUT2D eigenvalue weighted by Crippen LogP contribution is 2.23. The predicted molar refractivity (Wildman–Crippen MR) is 75.9 cm³/mol. The Morgan fingerprint density at radius 1 is 1.22 bits per heavy atom. The predicted octanol–water partition coefficient (Wildman–Crippen LogP) is 3.25. The lowest BCUT2D eigenvalue weighted by atomic mass is 9.93. The molecule has 18 heavy (non-hydrogen) atoms. The van der Waals surface area contributed by atoms with Crippen LogP contribution in [0.25, 0.3) is 0 Å². The normalized spacial score (nSPS) is 18.3. The van der Waals surface area contributed by atoms with Crippen LogP contribution in [-0.4, -0.2) is 31.2 Å². The van der Waals surface area contributed by atoms with Crippen molar-refractivity contribution in [1.29, 1.82) is 0 Å². The minimum Gasteiger partial charge on any atom is -0.378 e. The van der Waals surface area contributed by atoms with Gasteiger partial charge >= 0.3 is 0 Å². The fourth-order valence-corrected chi connectivity index (χ4v) is 2.35. The maximum Gasteiger partial charge on any atom is 0.0642 e. The Morgan fingerprint density at radius 2 is 1.94 bits per heavy atom. The Hall–Kier alpha value is -1.28. The van der Waals surface area contributed by atoms with E-state index in [2.05, 4.69) is 56.1 Å². The molecule has 1 aliphatic heterocycles. The molecule has 0 aromatic heterocycles. The lowest BCUT2D eigenvalue weighted by molar-refractivity contribution is 0.0592. The zero-order chi connectivity index (χ0) is 13.0. The van der Waals surface area contributed by atoms with Crippen molar-refractivity contribution < 1.29 is 4.74 Å². The summed E-state index contributed by atoms with van der Waals surface area (Å²) in [5.41, 5.74) is 4.22. The van der Waals surface area contributed by atoms with E-state index in [0.29, 0.717) is 5.92 Å². The molecule has 2 heteroatoms. The number of ether oxygens (including phenoxy) is 1. The van der Waals surface area contributed by atoms with Crippen molar-refractivity contribution in [1.82, 2.24) is 4.90 Å². The highest BCUT2D eigenvalue weighted by molar-refractivity contribution is 5.37. The van der Waals surface area contributed by atoms with E-state index in [9.17, 15) is 0 Å². The third-order valence-electron chi connectivity index (χ3n) is 3.77. The number of morpholine rings is 1.